The van der Waals surface area contributed by atoms with Crippen LogP contribution in [0.15, 0.2) is 36.4 Å². The Kier molecular flexibility index (Phi) is 2.58. The molecule has 2 nitrogen and oxygen atoms in total. The van der Waals surface area contributed by atoms with E-state index < -0.39 is 5.41 Å². The van der Waals surface area contributed by atoms with Gasteiger partial charge >= 0.3 is 0 Å². The first-order chi connectivity index (χ1) is 7.27. The van der Waals surface area contributed by atoms with Crippen molar-refractivity contribution in [2.45, 2.75) is 24.7 Å². The van der Waals surface area contributed by atoms with Crippen LogP contribution in [0.4, 0.5) is 0 Å². The van der Waals surface area contributed by atoms with Crippen LogP contribution in [0.1, 0.15) is 24.8 Å². The van der Waals surface area contributed by atoms with Crippen molar-refractivity contribution in [3.8, 4) is 5.75 Å². The summed E-state index contributed by atoms with van der Waals surface area (Å²) in [7, 11) is 0. The highest BCUT2D eigenvalue weighted by Crippen LogP contribution is 2.34. The maximum absolute atomic E-state index is 11.3. The average molecular weight is 202 g/mol. The molecule has 1 aromatic carbocycles. The summed E-state index contributed by atoms with van der Waals surface area (Å²) in [6, 6.07) is 6.96. The van der Waals surface area contributed by atoms with Gasteiger partial charge in [0.05, 0.1) is 5.41 Å². The van der Waals surface area contributed by atoms with Crippen LogP contribution in [-0.2, 0) is 10.2 Å². The minimum absolute atomic E-state index is 0.215. The number of carbonyl (C=O) groups is 1. The van der Waals surface area contributed by atoms with Crippen LogP contribution in [0.5, 0.6) is 5.75 Å². The van der Waals surface area contributed by atoms with Gasteiger partial charge in [-0.3, -0.25) is 0 Å². The van der Waals surface area contributed by atoms with Gasteiger partial charge in [0.25, 0.3) is 0 Å². The van der Waals surface area contributed by atoms with Gasteiger partial charge in [-0.15, -0.1) is 0 Å². The van der Waals surface area contributed by atoms with E-state index in [0.29, 0.717) is 0 Å². The van der Waals surface area contributed by atoms with E-state index in [9.17, 15) is 9.90 Å². The van der Waals surface area contributed by atoms with Crippen molar-refractivity contribution >= 4 is 6.29 Å². The molecule has 2 heteroatoms. The zero-order chi connectivity index (χ0) is 10.7. The second-order valence-electron chi connectivity index (χ2n) is 4.00. The maximum Gasteiger partial charge on any atom is 0.134 e. The summed E-state index contributed by atoms with van der Waals surface area (Å²) in [4.78, 5) is 11.3. The Balaban J connectivity index is 2.45. The van der Waals surface area contributed by atoms with Gasteiger partial charge in [-0.2, -0.15) is 0 Å². The molecule has 1 unspecified atom stereocenters. The van der Waals surface area contributed by atoms with E-state index in [1.807, 2.05) is 18.2 Å². The van der Waals surface area contributed by atoms with Gasteiger partial charge in [-0.05, 0) is 37.0 Å². The molecule has 0 spiro atoms. The fourth-order valence-electron chi connectivity index (χ4n) is 2.09. The molecule has 1 atom stereocenters. The van der Waals surface area contributed by atoms with E-state index in [2.05, 4.69) is 0 Å². The second kappa shape index (κ2) is 3.89. The van der Waals surface area contributed by atoms with Crippen molar-refractivity contribution in [2.24, 2.45) is 0 Å². The summed E-state index contributed by atoms with van der Waals surface area (Å²) < 4.78 is 0. The zero-order valence-corrected chi connectivity index (χ0v) is 8.52. The molecule has 0 fully saturated rings. The quantitative estimate of drug-likeness (QED) is 0.591. The van der Waals surface area contributed by atoms with Gasteiger partial charge in [0.2, 0.25) is 0 Å². The molecule has 2 rings (SSSR count). The number of phenolic OH excluding ortho intramolecular Hbond substituents is 1. The highest BCUT2D eigenvalue weighted by atomic mass is 16.3. The topological polar surface area (TPSA) is 37.3 Å². The maximum atomic E-state index is 11.3. The van der Waals surface area contributed by atoms with Crippen molar-refractivity contribution in [1.29, 1.82) is 0 Å². The average Bonchev–Trinajstić information content (AvgIpc) is 2.30. The van der Waals surface area contributed by atoms with Crippen LogP contribution in [-0.4, -0.2) is 11.4 Å². The van der Waals surface area contributed by atoms with Crippen molar-refractivity contribution in [2.75, 3.05) is 0 Å². The first-order valence-corrected chi connectivity index (χ1v) is 5.20. The third kappa shape index (κ3) is 1.80. The summed E-state index contributed by atoms with van der Waals surface area (Å²) in [6.07, 6.45) is 7.87. The van der Waals surface area contributed by atoms with Crippen molar-refractivity contribution < 1.29 is 9.90 Å². The normalized spacial score (nSPS) is 25.1. The predicted octanol–water partition coefficient (Wildman–Crippen LogP) is 2.57. The smallest absolute Gasteiger partial charge is 0.134 e. The Labute approximate surface area is 89.2 Å². The fraction of sp³-hybridized carbons (Fsp3) is 0.308. The Bertz CT molecular complexity index is 395. The summed E-state index contributed by atoms with van der Waals surface area (Å²) in [5.74, 6) is 0.215. The molecule has 0 aliphatic heterocycles. The van der Waals surface area contributed by atoms with Crippen molar-refractivity contribution in [3.63, 3.8) is 0 Å². The molecule has 1 aromatic rings. The van der Waals surface area contributed by atoms with Crippen LogP contribution >= 0.6 is 0 Å². The minimum atomic E-state index is -0.517. The largest absolute Gasteiger partial charge is 0.508 e. The molecule has 1 aliphatic carbocycles. The van der Waals surface area contributed by atoms with Crippen LogP contribution in [0.25, 0.3) is 0 Å². The number of allylic oxidation sites excluding steroid dienone is 2. The van der Waals surface area contributed by atoms with E-state index >= 15 is 0 Å². The highest BCUT2D eigenvalue weighted by Gasteiger charge is 2.30. The molecule has 0 saturated carbocycles. The zero-order valence-electron chi connectivity index (χ0n) is 8.52. The van der Waals surface area contributed by atoms with Crippen LogP contribution in [0, 0.1) is 0 Å². The number of carbonyl (C=O) groups excluding carboxylic acids is 1. The van der Waals surface area contributed by atoms with Crippen molar-refractivity contribution in [3.05, 3.63) is 42.0 Å². The molecule has 0 amide bonds. The van der Waals surface area contributed by atoms with Gasteiger partial charge in [-0.25, -0.2) is 0 Å². The standard InChI is InChI=1S/C13H14O2/c14-10-13(7-2-1-3-8-13)11-5-4-6-12(15)9-11/h2,4-7,9-10,15H,1,3,8H2. The number of hydrogen-bond acceptors (Lipinski definition) is 2. The molecule has 15 heavy (non-hydrogen) atoms. The van der Waals surface area contributed by atoms with E-state index in [0.717, 1.165) is 31.1 Å². The van der Waals surface area contributed by atoms with Crippen molar-refractivity contribution in [1.82, 2.24) is 0 Å². The van der Waals surface area contributed by atoms with Gasteiger partial charge in [0.15, 0.2) is 0 Å². The lowest BCUT2D eigenvalue weighted by Crippen LogP contribution is -2.27. The number of benzene rings is 1. The lowest BCUT2D eigenvalue weighted by Gasteiger charge is -2.27. The Morgan fingerprint density at radius 3 is 2.87 bits per heavy atom. The van der Waals surface area contributed by atoms with Gasteiger partial charge in [0.1, 0.15) is 12.0 Å². The molecule has 0 heterocycles. The summed E-state index contributed by atoms with van der Waals surface area (Å²) >= 11 is 0. The number of aldehydes is 1. The first-order valence-electron chi connectivity index (χ1n) is 5.20. The molecule has 0 aromatic heterocycles. The third-order valence-electron chi connectivity index (χ3n) is 2.97. The number of hydrogen-bond donors (Lipinski definition) is 1. The molecule has 0 bridgehead atoms. The SMILES string of the molecule is O=CC1(c2cccc(O)c2)C=CCCC1. The first kappa shape index (κ1) is 9.97. The predicted molar refractivity (Wildman–Crippen MR) is 58.8 cm³/mol. The molecular weight excluding hydrogens is 188 g/mol. The lowest BCUT2D eigenvalue weighted by molar-refractivity contribution is -0.111. The Morgan fingerprint density at radius 1 is 1.40 bits per heavy atom. The van der Waals surface area contributed by atoms with Gasteiger partial charge in [0, 0.05) is 0 Å². The molecule has 1 N–H and O–H groups in total. The molecular formula is C13H14O2. The number of aromatic hydroxyl groups is 1. The number of rotatable bonds is 2. The summed E-state index contributed by atoms with van der Waals surface area (Å²) in [5.41, 5.74) is 0.366. The monoisotopic (exact) mass is 202 g/mol. The molecule has 0 saturated heterocycles. The Morgan fingerprint density at radius 2 is 2.27 bits per heavy atom. The van der Waals surface area contributed by atoms with E-state index in [-0.39, 0.29) is 5.75 Å². The minimum Gasteiger partial charge on any atom is -0.508 e. The molecule has 78 valence electrons. The van der Waals surface area contributed by atoms with E-state index in [1.54, 1.807) is 18.2 Å². The molecule has 1 aliphatic rings. The van der Waals surface area contributed by atoms with Gasteiger partial charge < -0.3 is 9.90 Å². The fourth-order valence-corrected chi connectivity index (χ4v) is 2.09. The third-order valence-corrected chi connectivity index (χ3v) is 2.97. The lowest BCUT2D eigenvalue weighted by atomic mass is 9.75. The Hall–Kier alpha value is -1.57. The van der Waals surface area contributed by atoms with Crippen LogP contribution in [0.3, 0.4) is 0 Å². The van der Waals surface area contributed by atoms with Crippen LogP contribution < -0.4 is 0 Å². The summed E-state index contributed by atoms with van der Waals surface area (Å²) in [5, 5.41) is 9.41. The van der Waals surface area contributed by atoms with E-state index in [4.69, 9.17) is 0 Å². The van der Waals surface area contributed by atoms with Crippen LogP contribution in [0.2, 0.25) is 0 Å². The second-order valence-corrected chi connectivity index (χ2v) is 4.00. The highest BCUT2D eigenvalue weighted by molar-refractivity contribution is 5.72. The van der Waals surface area contributed by atoms with Gasteiger partial charge in [-0.1, -0.05) is 24.3 Å². The summed E-state index contributed by atoms with van der Waals surface area (Å²) in [6.45, 7) is 0. The number of phenols is 1. The molecule has 0 radical (unpaired) electrons. The van der Waals surface area contributed by atoms with E-state index in [1.165, 1.54) is 0 Å².